The van der Waals surface area contributed by atoms with Crippen LogP contribution in [0.4, 0.5) is 0 Å². The lowest BCUT2D eigenvalue weighted by Gasteiger charge is -2.35. The van der Waals surface area contributed by atoms with E-state index in [0.717, 1.165) is 51.8 Å². The van der Waals surface area contributed by atoms with Crippen LogP contribution in [-0.4, -0.2) is 5.71 Å². The second-order valence-electron chi connectivity index (χ2n) is 12.8. The minimum Gasteiger partial charge on any atom is -0.456 e. The average molecular weight is 606 g/mol. The van der Waals surface area contributed by atoms with E-state index in [1.165, 1.54) is 38.4 Å². The van der Waals surface area contributed by atoms with E-state index in [1.807, 2.05) is 18.2 Å². The Hall–Kier alpha value is -4.40. The number of hydrogen-bond acceptors (Lipinski definition) is 2. The highest BCUT2D eigenvalue weighted by Crippen LogP contribution is 2.45. The van der Waals surface area contributed by atoms with Gasteiger partial charge in [0.25, 0.3) is 0 Å². The lowest BCUT2D eigenvalue weighted by atomic mass is 9.73. The Morgan fingerprint density at radius 1 is 0.689 bits per heavy atom. The van der Waals surface area contributed by atoms with Crippen LogP contribution in [0, 0.1) is 11.8 Å². The second-order valence-corrected chi connectivity index (χ2v) is 13.2. The number of para-hydroxylation sites is 1. The van der Waals surface area contributed by atoms with Gasteiger partial charge in [0.2, 0.25) is 0 Å². The van der Waals surface area contributed by atoms with Gasteiger partial charge in [-0.25, -0.2) is 0 Å². The van der Waals surface area contributed by atoms with Crippen molar-refractivity contribution in [3.8, 4) is 0 Å². The van der Waals surface area contributed by atoms with E-state index >= 15 is 0 Å². The molecular weight excluding hydrogens is 570 g/mol. The molecule has 45 heavy (non-hydrogen) atoms. The molecule has 0 radical (unpaired) electrons. The molecule has 0 aliphatic carbocycles. The van der Waals surface area contributed by atoms with Gasteiger partial charge in [0.1, 0.15) is 11.2 Å². The van der Waals surface area contributed by atoms with Crippen molar-refractivity contribution in [3.63, 3.8) is 0 Å². The van der Waals surface area contributed by atoms with Crippen molar-refractivity contribution >= 4 is 60.8 Å². The average Bonchev–Trinajstić information content (AvgIpc) is 3.43. The number of aliphatic imine (C=N–C) groups is 1. The minimum atomic E-state index is -0.0804. The molecule has 2 nitrogen and oxygen atoms in total. The Kier molecular flexibility index (Phi) is 7.19. The predicted molar refractivity (Wildman–Crippen MR) is 191 cm³/mol. The van der Waals surface area contributed by atoms with Crippen LogP contribution in [-0.2, 0) is 0 Å². The van der Waals surface area contributed by atoms with Crippen LogP contribution in [0.3, 0.4) is 0 Å². The maximum atomic E-state index is 7.16. The summed E-state index contributed by atoms with van der Waals surface area (Å²) >= 11 is 7.16. The maximum Gasteiger partial charge on any atom is 0.135 e. The quantitative estimate of drug-likeness (QED) is 0.196. The normalized spacial score (nSPS) is 22.0. The molecule has 0 amide bonds. The number of halogens is 1. The van der Waals surface area contributed by atoms with Gasteiger partial charge in [-0.05, 0) is 93.6 Å². The number of fused-ring (bicyclic) bond motifs is 5. The summed E-state index contributed by atoms with van der Waals surface area (Å²) in [5, 5.41) is 7.97. The van der Waals surface area contributed by atoms with Crippen LogP contribution in [0.15, 0.2) is 131 Å². The minimum absolute atomic E-state index is 0.0804. The second kappa shape index (κ2) is 11.5. The van der Waals surface area contributed by atoms with Crippen molar-refractivity contribution < 1.29 is 4.42 Å². The van der Waals surface area contributed by atoms with E-state index in [-0.39, 0.29) is 12.0 Å². The Balaban J connectivity index is 1.32. The Morgan fingerprint density at radius 2 is 1.38 bits per heavy atom. The number of nitrogens with zero attached hydrogens (tertiary/aromatic N) is 1. The van der Waals surface area contributed by atoms with Crippen molar-refractivity contribution in [2.24, 2.45) is 16.8 Å². The summed E-state index contributed by atoms with van der Waals surface area (Å²) in [5.41, 5.74) is 6.59. The molecule has 0 N–H and O–H groups in total. The van der Waals surface area contributed by atoms with Gasteiger partial charge < -0.3 is 4.42 Å². The summed E-state index contributed by atoms with van der Waals surface area (Å²) in [6.07, 6.45) is 3.15. The van der Waals surface area contributed by atoms with E-state index in [2.05, 4.69) is 117 Å². The van der Waals surface area contributed by atoms with Crippen LogP contribution in [0.1, 0.15) is 61.8 Å². The molecule has 4 unspecified atom stereocenters. The summed E-state index contributed by atoms with van der Waals surface area (Å²) in [6.45, 7) is 4.66. The smallest absolute Gasteiger partial charge is 0.135 e. The highest BCUT2D eigenvalue weighted by atomic mass is 35.5. The highest BCUT2D eigenvalue weighted by Gasteiger charge is 2.34. The summed E-state index contributed by atoms with van der Waals surface area (Å²) in [4.78, 5) is 5.77. The van der Waals surface area contributed by atoms with Crippen molar-refractivity contribution in [2.75, 3.05) is 0 Å². The molecule has 2 heterocycles. The monoisotopic (exact) mass is 605 g/mol. The molecule has 1 aliphatic rings. The summed E-state index contributed by atoms with van der Waals surface area (Å²) in [6, 6.07) is 43.6. The zero-order valence-electron chi connectivity index (χ0n) is 25.7. The molecule has 7 aromatic rings. The van der Waals surface area contributed by atoms with Gasteiger partial charge in [0.05, 0.1) is 6.04 Å². The molecule has 3 heteroatoms. The largest absolute Gasteiger partial charge is 0.456 e. The molecule has 8 rings (SSSR count). The highest BCUT2D eigenvalue weighted by molar-refractivity contribution is 6.32. The molecular formula is C42H36ClNO. The van der Waals surface area contributed by atoms with Crippen molar-refractivity contribution in [1.29, 1.82) is 0 Å². The van der Waals surface area contributed by atoms with Crippen LogP contribution >= 0.6 is 11.6 Å². The van der Waals surface area contributed by atoms with E-state index in [0.29, 0.717) is 11.8 Å². The molecule has 0 saturated heterocycles. The maximum absolute atomic E-state index is 7.16. The molecule has 222 valence electrons. The van der Waals surface area contributed by atoms with Crippen LogP contribution < -0.4 is 0 Å². The zero-order chi connectivity index (χ0) is 30.5. The molecule has 0 spiro atoms. The number of hydrogen-bond donors (Lipinski definition) is 0. The van der Waals surface area contributed by atoms with Gasteiger partial charge in [-0.3, -0.25) is 4.99 Å². The van der Waals surface area contributed by atoms with Gasteiger partial charge in [0.15, 0.2) is 0 Å². The molecule has 0 fully saturated rings. The SMILES string of the molecule is CCC1/C(c2ccc3ccccc3c2)=N\C(c2cc3oc4ccccc4c3cc2Cl)C(C)CCC1c1ccc2ccccc2c1. The lowest BCUT2D eigenvalue weighted by Crippen LogP contribution is -2.28. The van der Waals surface area contributed by atoms with Crippen LogP contribution in [0.2, 0.25) is 5.02 Å². The first-order valence-electron chi connectivity index (χ1n) is 16.2. The first-order valence-corrected chi connectivity index (χ1v) is 16.6. The van der Waals surface area contributed by atoms with Gasteiger partial charge >= 0.3 is 0 Å². The third-order valence-electron chi connectivity index (χ3n) is 10.1. The van der Waals surface area contributed by atoms with Gasteiger partial charge in [-0.1, -0.05) is 123 Å². The fourth-order valence-electron chi connectivity index (χ4n) is 7.68. The van der Waals surface area contributed by atoms with Crippen LogP contribution in [0.5, 0.6) is 0 Å². The molecule has 4 atom stereocenters. The molecule has 0 saturated carbocycles. The zero-order valence-corrected chi connectivity index (χ0v) is 26.5. The third-order valence-corrected chi connectivity index (χ3v) is 10.4. The standard InChI is InChI=1S/C42H36ClNO/c1-3-33-34(31-19-17-27-10-4-6-12-29(27)22-31)21-16-26(2)41(44-42(33)32-20-18-28-11-5-7-13-30(28)23-32)37-25-40-36(24-38(37)43)35-14-8-9-15-39(35)45-40/h4-15,17-20,22-26,33-34,41H,3,16,21H2,1-2H3/b44-42-. The van der Waals surface area contributed by atoms with Crippen LogP contribution in [0.25, 0.3) is 43.5 Å². The first-order chi connectivity index (χ1) is 22.1. The molecule has 6 aromatic carbocycles. The number of rotatable bonds is 4. The fourth-order valence-corrected chi connectivity index (χ4v) is 7.96. The van der Waals surface area contributed by atoms with Gasteiger partial charge in [0, 0.05) is 27.4 Å². The van der Waals surface area contributed by atoms with Gasteiger partial charge in [-0.15, -0.1) is 0 Å². The molecule has 1 aromatic heterocycles. The lowest BCUT2D eigenvalue weighted by molar-refractivity contribution is 0.362. The summed E-state index contributed by atoms with van der Waals surface area (Å²) in [7, 11) is 0. The molecule has 1 aliphatic heterocycles. The van der Waals surface area contributed by atoms with Crippen molar-refractivity contribution in [3.05, 3.63) is 143 Å². The number of furan rings is 1. The Morgan fingerprint density at radius 3 is 2.16 bits per heavy atom. The van der Waals surface area contributed by atoms with E-state index < -0.39 is 0 Å². The third kappa shape index (κ3) is 5.02. The first kappa shape index (κ1) is 28.1. The van der Waals surface area contributed by atoms with E-state index in [4.69, 9.17) is 21.0 Å². The molecule has 0 bridgehead atoms. The topological polar surface area (TPSA) is 25.5 Å². The predicted octanol–water partition coefficient (Wildman–Crippen LogP) is 12.3. The fraction of sp³-hybridized carbons (Fsp3) is 0.214. The van der Waals surface area contributed by atoms with E-state index in [9.17, 15) is 0 Å². The Bertz CT molecular complexity index is 2230. The summed E-state index contributed by atoms with van der Waals surface area (Å²) < 4.78 is 6.33. The van der Waals surface area contributed by atoms with Gasteiger partial charge in [-0.2, -0.15) is 0 Å². The van der Waals surface area contributed by atoms with Crippen molar-refractivity contribution in [2.45, 2.75) is 45.1 Å². The Labute approximate surface area is 269 Å². The number of benzene rings is 6. The van der Waals surface area contributed by atoms with E-state index in [1.54, 1.807) is 0 Å². The van der Waals surface area contributed by atoms with Crippen molar-refractivity contribution in [1.82, 2.24) is 0 Å². The summed E-state index contributed by atoms with van der Waals surface area (Å²) in [5.74, 6) is 0.915.